The van der Waals surface area contributed by atoms with Crippen molar-refractivity contribution in [1.29, 1.82) is 0 Å². The van der Waals surface area contributed by atoms with E-state index in [1.54, 1.807) is 25.8 Å². The van der Waals surface area contributed by atoms with Crippen LogP contribution in [-0.2, 0) is 9.59 Å². The molecule has 2 aromatic rings. The van der Waals surface area contributed by atoms with Gasteiger partial charge in [-0.2, -0.15) is 0 Å². The average Bonchev–Trinajstić information content (AvgIpc) is 2.85. The molecule has 1 unspecified atom stereocenters. The Bertz CT molecular complexity index is 1040. The summed E-state index contributed by atoms with van der Waals surface area (Å²) in [5, 5.41) is 8.02. The van der Waals surface area contributed by atoms with Gasteiger partial charge in [0.1, 0.15) is 0 Å². The topological polar surface area (TPSA) is 64.7 Å². The van der Waals surface area contributed by atoms with Crippen LogP contribution in [0.3, 0.4) is 0 Å². The number of hydrogen-bond acceptors (Lipinski definition) is 5. The molecule has 7 heteroatoms. The maximum Gasteiger partial charge on any atom is 0.240 e. The summed E-state index contributed by atoms with van der Waals surface area (Å²) in [7, 11) is 0. The number of nitrogens with zero attached hydrogens (tertiary/aromatic N) is 2. The number of carbonyl (C=O) groups is 2. The fraction of sp³-hybridized carbons (Fsp3) is 0.481. The summed E-state index contributed by atoms with van der Waals surface area (Å²) >= 11 is 1.59. The highest BCUT2D eigenvalue weighted by atomic mass is 32.2. The number of fused-ring (bicyclic) bond motifs is 1. The Kier molecular flexibility index (Phi) is 9.01. The molecule has 2 N–H and O–H groups in total. The normalized spacial score (nSPS) is 16.2. The van der Waals surface area contributed by atoms with E-state index >= 15 is 0 Å². The van der Waals surface area contributed by atoms with Crippen LogP contribution in [0.4, 0.5) is 0 Å². The zero-order chi connectivity index (χ0) is 24.7. The maximum absolute atomic E-state index is 12.5. The van der Waals surface area contributed by atoms with E-state index in [1.165, 1.54) is 16.3 Å². The number of hydrogen-bond donors (Lipinski definition) is 2. The number of carbonyl (C=O) groups excluding carboxylic acids is 2. The van der Waals surface area contributed by atoms with Gasteiger partial charge in [0.2, 0.25) is 11.8 Å². The van der Waals surface area contributed by atoms with E-state index in [2.05, 4.69) is 75.1 Å². The van der Waals surface area contributed by atoms with Crippen molar-refractivity contribution >= 4 is 34.5 Å². The summed E-state index contributed by atoms with van der Waals surface area (Å²) in [6, 6.07) is 15.8. The van der Waals surface area contributed by atoms with E-state index in [0.717, 1.165) is 25.9 Å². The summed E-state index contributed by atoms with van der Waals surface area (Å²) in [5.74, 6) is 2.07. The molecular weight excluding hydrogens is 444 g/mol. The first kappa shape index (κ1) is 26.1. The Hall–Kier alpha value is -2.53. The van der Waals surface area contributed by atoms with Crippen LogP contribution in [0, 0.1) is 12.3 Å². The van der Waals surface area contributed by atoms with Gasteiger partial charge in [-0.05, 0) is 56.2 Å². The van der Waals surface area contributed by atoms with Gasteiger partial charge in [-0.15, -0.1) is 6.42 Å². The highest BCUT2D eigenvalue weighted by Gasteiger charge is 2.29. The van der Waals surface area contributed by atoms with Crippen LogP contribution >= 0.6 is 11.9 Å². The van der Waals surface area contributed by atoms with E-state index in [0.29, 0.717) is 12.1 Å². The molecule has 0 saturated carbocycles. The molecule has 6 nitrogen and oxygen atoms in total. The van der Waals surface area contributed by atoms with E-state index < -0.39 is 5.54 Å². The molecule has 1 aliphatic heterocycles. The summed E-state index contributed by atoms with van der Waals surface area (Å²) < 4.78 is 2.14. The predicted molar refractivity (Wildman–Crippen MR) is 141 cm³/mol. The first-order valence-electron chi connectivity index (χ1n) is 11.8. The zero-order valence-corrected chi connectivity index (χ0v) is 21.5. The van der Waals surface area contributed by atoms with Crippen LogP contribution in [-0.4, -0.2) is 65.0 Å². The lowest BCUT2D eigenvalue weighted by Crippen LogP contribution is -2.49. The number of piperidine rings is 1. The minimum absolute atomic E-state index is 0.0762. The van der Waals surface area contributed by atoms with Gasteiger partial charge < -0.3 is 10.6 Å². The molecule has 0 aromatic heterocycles. The molecule has 0 aliphatic carbocycles. The van der Waals surface area contributed by atoms with Crippen molar-refractivity contribution in [3.8, 4) is 12.3 Å². The van der Waals surface area contributed by atoms with Crippen LogP contribution in [0.25, 0.3) is 10.8 Å². The van der Waals surface area contributed by atoms with Crippen molar-refractivity contribution < 1.29 is 9.59 Å². The van der Waals surface area contributed by atoms with Gasteiger partial charge >= 0.3 is 0 Å². The highest BCUT2D eigenvalue weighted by Crippen LogP contribution is 2.31. The molecule has 1 saturated heterocycles. The van der Waals surface area contributed by atoms with Gasteiger partial charge in [0.05, 0.1) is 18.6 Å². The minimum Gasteiger partial charge on any atom is -0.346 e. The second-order valence-electron chi connectivity index (χ2n) is 9.36. The first-order valence-corrected chi connectivity index (χ1v) is 13.0. The molecule has 0 spiro atoms. The summed E-state index contributed by atoms with van der Waals surface area (Å²) in [6.07, 6.45) is 9.40. The van der Waals surface area contributed by atoms with Gasteiger partial charge in [-0.25, -0.2) is 4.31 Å². The van der Waals surface area contributed by atoms with E-state index in [-0.39, 0.29) is 24.9 Å². The van der Waals surface area contributed by atoms with Crippen molar-refractivity contribution in [2.24, 2.45) is 0 Å². The first-order chi connectivity index (χ1) is 16.2. The molecule has 0 bridgehead atoms. The molecule has 3 rings (SSSR count). The van der Waals surface area contributed by atoms with Crippen molar-refractivity contribution in [3.63, 3.8) is 0 Å². The number of rotatable bonds is 9. The average molecular weight is 481 g/mol. The second kappa shape index (κ2) is 11.7. The molecule has 2 aromatic carbocycles. The van der Waals surface area contributed by atoms with Gasteiger partial charge in [0.25, 0.3) is 0 Å². The fourth-order valence-electron chi connectivity index (χ4n) is 4.52. The summed E-state index contributed by atoms with van der Waals surface area (Å²) in [4.78, 5) is 27.0. The van der Waals surface area contributed by atoms with Crippen LogP contribution in [0.5, 0.6) is 0 Å². The predicted octanol–water partition coefficient (Wildman–Crippen LogP) is 3.59. The second-order valence-corrected chi connectivity index (χ2v) is 10.2. The van der Waals surface area contributed by atoms with Crippen LogP contribution in [0.2, 0.25) is 0 Å². The third kappa shape index (κ3) is 6.75. The van der Waals surface area contributed by atoms with Crippen LogP contribution in [0.15, 0.2) is 42.5 Å². The Morgan fingerprint density at radius 3 is 2.53 bits per heavy atom. The van der Waals surface area contributed by atoms with Crippen molar-refractivity contribution in [2.45, 2.75) is 51.2 Å². The molecule has 34 heavy (non-hydrogen) atoms. The van der Waals surface area contributed by atoms with Crippen LogP contribution in [0.1, 0.15) is 45.2 Å². The quantitative estimate of drug-likeness (QED) is 0.424. The number of likely N-dealkylation sites (tertiary alicyclic amines) is 1. The zero-order valence-electron chi connectivity index (χ0n) is 20.6. The number of amides is 2. The molecular formula is C27H36N4O2S. The van der Waals surface area contributed by atoms with Gasteiger partial charge in [-0.1, -0.05) is 60.3 Å². The monoisotopic (exact) mass is 480 g/mol. The van der Waals surface area contributed by atoms with E-state index in [9.17, 15) is 9.59 Å². The maximum atomic E-state index is 12.5. The standard InChI is InChI=1S/C27H36N4O2S/c1-6-27(3,4)29-25(32)18-28-26(33)19-31(34-5)22-14-16-30(17-15-22)20(2)23-13-9-11-21-10-7-8-12-24(21)23/h1,7-13,20,22H,14-19H2,2-5H3,(H,28,33)(H,29,32). The Morgan fingerprint density at radius 2 is 1.85 bits per heavy atom. The lowest BCUT2D eigenvalue weighted by Gasteiger charge is -2.40. The summed E-state index contributed by atoms with van der Waals surface area (Å²) in [5.41, 5.74) is 0.633. The van der Waals surface area contributed by atoms with Crippen molar-refractivity contribution in [2.75, 3.05) is 32.4 Å². The highest BCUT2D eigenvalue weighted by molar-refractivity contribution is 7.96. The molecule has 1 heterocycles. The SMILES string of the molecule is C#CC(C)(C)NC(=O)CNC(=O)CN(SC)C1CCN(C(C)c2cccc3ccccc23)CC1. The third-order valence-electron chi connectivity index (χ3n) is 6.52. The summed E-state index contributed by atoms with van der Waals surface area (Å²) in [6.45, 7) is 7.93. The smallest absolute Gasteiger partial charge is 0.240 e. The Labute approximate surface area is 208 Å². The Balaban J connectivity index is 1.50. The van der Waals surface area contributed by atoms with Gasteiger partial charge in [0, 0.05) is 25.2 Å². The molecule has 0 radical (unpaired) electrons. The molecule has 2 amide bonds. The molecule has 1 fully saturated rings. The Morgan fingerprint density at radius 1 is 1.18 bits per heavy atom. The van der Waals surface area contributed by atoms with Crippen molar-refractivity contribution in [3.05, 3.63) is 48.0 Å². The lowest BCUT2D eigenvalue weighted by atomic mass is 9.96. The molecule has 1 aliphatic rings. The molecule has 1 atom stereocenters. The lowest BCUT2D eigenvalue weighted by molar-refractivity contribution is -0.126. The number of terminal acetylenes is 1. The fourth-order valence-corrected chi connectivity index (χ4v) is 5.28. The number of benzene rings is 2. The number of nitrogens with one attached hydrogen (secondary N) is 2. The largest absolute Gasteiger partial charge is 0.346 e. The van der Waals surface area contributed by atoms with E-state index in [4.69, 9.17) is 6.42 Å². The van der Waals surface area contributed by atoms with Gasteiger partial charge in [-0.3, -0.25) is 14.5 Å². The van der Waals surface area contributed by atoms with Gasteiger partial charge in [0.15, 0.2) is 0 Å². The third-order valence-corrected chi connectivity index (χ3v) is 7.42. The minimum atomic E-state index is -0.732. The van der Waals surface area contributed by atoms with E-state index in [1.807, 2.05) is 6.26 Å². The van der Waals surface area contributed by atoms with Crippen LogP contribution < -0.4 is 10.6 Å². The molecule has 182 valence electrons. The van der Waals surface area contributed by atoms with Crippen molar-refractivity contribution in [1.82, 2.24) is 19.8 Å².